The third kappa shape index (κ3) is 21.6. The number of aliphatic carboxylic acids is 2. The Balaban J connectivity index is 1.09. The summed E-state index contributed by atoms with van der Waals surface area (Å²) in [4.78, 5) is 39.7. The monoisotopic (exact) mass is 1860 g/mol. The van der Waals surface area contributed by atoms with Gasteiger partial charge in [-0.3, -0.25) is 4.79 Å². The van der Waals surface area contributed by atoms with Crippen molar-refractivity contribution in [3.63, 3.8) is 0 Å². The van der Waals surface area contributed by atoms with Gasteiger partial charge in [-0.05, 0) is 0 Å². The van der Waals surface area contributed by atoms with Crippen molar-refractivity contribution in [3.8, 4) is 0 Å². The molecular formula is C68H113NO57. The average molecular weight is 1860 g/mol. The van der Waals surface area contributed by atoms with Crippen LogP contribution in [0, 0.1) is 0 Å². The number of carbonyl (C=O) groups is 3. The zero-order valence-corrected chi connectivity index (χ0v) is 66.0. The van der Waals surface area contributed by atoms with Crippen molar-refractivity contribution in [2.24, 2.45) is 0 Å². The predicted molar refractivity (Wildman–Crippen MR) is 376 cm³/mol. The zero-order valence-electron chi connectivity index (χ0n) is 66.0. The van der Waals surface area contributed by atoms with Crippen LogP contribution in [-0.4, -0.2) is 581 Å². The summed E-state index contributed by atoms with van der Waals surface area (Å²) in [6, 6.07) is -2.15. The first-order valence-electron chi connectivity index (χ1n) is 39.5. The normalized spacial score (nSPS) is 49.7. The standard InChI is InChI=1S/C68H113NO57/c1-14(80)69-27-32(90)29(87)21(8-74)108-57(27)123-56-53(120-61-41(99)36(94)50(25(12-78)112-61)117-59-39(97)34(92)31(89)23(10-76)110-59)43(101)45(16(82)4-70)114-64(56)121-54-44(102)63(119-52-20(3-67(107,65(103)104)125-48(52)19(85)7-73)124-68(66(105)106)2-15(81)28(86)46(126-68)17(83)5-71)115-47(18(84)6-72)55(54)122-62-42(100)37(95)51(26(13-79)113-62)118-60-40(98)35(93)49(24(11-77)111-60)116-58-38(96)33(91)30(88)22(9-75)109-58/h15-64,70-79,81-102,107H,2-13H2,1H3,(H,69,80)(H,103,104)(H,105,106)/t15-,16+,17-,18+,19-,20-,21-,22-,23-,24-,25-,26-,27-,28-,29-,30+,31+,32-,33+,34+,35-,36-,37-,38-,39-,40-,41-,42-,43-,44+,45-,46-,47-,48-,49+,50-,51-,52-,53+,54-,55-,56+,57-,58-,59+,60+,61-,62+,63-,64-,67-,68-/m1/s1. The fourth-order valence-electron chi connectivity index (χ4n) is 16.2. The molecule has 732 valence electrons. The van der Waals surface area contributed by atoms with Gasteiger partial charge in [0, 0.05) is 19.8 Å². The van der Waals surface area contributed by atoms with Gasteiger partial charge in [0.15, 0.2) is 50.3 Å². The van der Waals surface area contributed by atoms with Crippen molar-refractivity contribution in [1.29, 1.82) is 0 Å². The van der Waals surface area contributed by atoms with Gasteiger partial charge in [-0.2, -0.15) is 0 Å². The van der Waals surface area contributed by atoms with Crippen LogP contribution in [0.4, 0.5) is 0 Å². The van der Waals surface area contributed by atoms with E-state index in [-0.39, 0.29) is 0 Å². The number of ether oxygens (including phenoxy) is 19. The summed E-state index contributed by atoms with van der Waals surface area (Å²) in [6.45, 7) is -12.5. The van der Waals surface area contributed by atoms with Crippen LogP contribution in [-0.2, 0) is 104 Å². The molecule has 0 aromatic heterocycles. The molecule has 10 saturated heterocycles. The minimum Gasteiger partial charge on any atom is -0.477 e. The summed E-state index contributed by atoms with van der Waals surface area (Å²) in [5, 5.41) is 392. The number of carboxylic acid groups (broad SMARTS) is 2. The Morgan fingerprint density at radius 3 is 1.06 bits per heavy atom. The number of nitrogens with one attached hydrogen (secondary N) is 1. The first-order valence-corrected chi connectivity index (χ1v) is 39.5. The van der Waals surface area contributed by atoms with E-state index in [9.17, 15) is 193 Å². The van der Waals surface area contributed by atoms with Gasteiger partial charge in [0.25, 0.3) is 11.6 Å². The Bertz CT molecular complexity index is 3390. The third-order valence-corrected chi connectivity index (χ3v) is 23.2. The molecule has 0 aliphatic carbocycles. The van der Waals surface area contributed by atoms with E-state index in [1.165, 1.54) is 0 Å². The second-order valence-electron chi connectivity index (χ2n) is 31.6. The van der Waals surface area contributed by atoms with E-state index in [4.69, 9.17) is 90.0 Å². The van der Waals surface area contributed by atoms with E-state index in [2.05, 4.69) is 5.32 Å². The number of aliphatic hydroxyl groups is 33. The van der Waals surface area contributed by atoms with Crippen LogP contribution < -0.4 is 5.32 Å². The summed E-state index contributed by atoms with van der Waals surface area (Å²) >= 11 is 0. The minimum absolute atomic E-state index is 0.833. The summed E-state index contributed by atoms with van der Waals surface area (Å²) in [5.41, 5.74) is 0. The second-order valence-corrected chi connectivity index (χ2v) is 31.6. The predicted octanol–water partition coefficient (Wildman–Crippen LogP) is -24.2. The molecule has 0 spiro atoms. The lowest BCUT2D eigenvalue weighted by Gasteiger charge is -2.54. The maximum absolute atomic E-state index is 13.6. The minimum atomic E-state index is -3.77. The average Bonchev–Trinajstić information content (AvgIpc) is 0.743. The molecule has 0 aromatic rings. The van der Waals surface area contributed by atoms with Crippen LogP contribution in [0.1, 0.15) is 19.8 Å². The molecule has 10 aliphatic rings. The van der Waals surface area contributed by atoms with Gasteiger partial charge in [-0.25, -0.2) is 9.59 Å². The van der Waals surface area contributed by atoms with Gasteiger partial charge >= 0.3 is 11.9 Å². The Kier molecular flexibility index (Phi) is 36.6. The highest BCUT2D eigenvalue weighted by molar-refractivity contribution is 5.77. The molecule has 52 atom stereocenters. The van der Waals surface area contributed by atoms with Gasteiger partial charge in [0.2, 0.25) is 5.91 Å². The van der Waals surface area contributed by atoms with Crippen molar-refractivity contribution in [2.45, 2.75) is 338 Å². The van der Waals surface area contributed by atoms with Crippen molar-refractivity contribution in [1.82, 2.24) is 5.32 Å². The molecule has 1 amide bonds. The molecule has 0 bridgehead atoms. The molecule has 0 saturated carbocycles. The van der Waals surface area contributed by atoms with Gasteiger partial charge in [-0.15, -0.1) is 0 Å². The molecule has 10 rings (SSSR count). The van der Waals surface area contributed by atoms with Crippen LogP contribution in [0.15, 0.2) is 0 Å². The van der Waals surface area contributed by atoms with Crippen molar-refractivity contribution in [3.05, 3.63) is 0 Å². The molecule has 58 heteroatoms. The number of carbonyl (C=O) groups excluding carboxylic acids is 1. The van der Waals surface area contributed by atoms with E-state index < -0.39 is 415 Å². The van der Waals surface area contributed by atoms with Crippen molar-refractivity contribution >= 4 is 17.8 Å². The Morgan fingerprint density at radius 2 is 0.651 bits per heavy atom. The van der Waals surface area contributed by atoms with E-state index in [1.54, 1.807) is 0 Å². The van der Waals surface area contributed by atoms with Crippen LogP contribution >= 0.6 is 0 Å². The van der Waals surface area contributed by atoms with Gasteiger partial charge in [-0.1, -0.05) is 0 Å². The molecule has 10 aliphatic heterocycles. The number of amides is 1. The smallest absolute Gasteiger partial charge is 0.364 e. The lowest BCUT2D eigenvalue weighted by Crippen LogP contribution is -2.72. The molecule has 10 fully saturated rings. The van der Waals surface area contributed by atoms with Crippen LogP contribution in [0.3, 0.4) is 0 Å². The van der Waals surface area contributed by atoms with Crippen molar-refractivity contribution < 1.29 is 283 Å². The highest BCUT2D eigenvalue weighted by Crippen LogP contribution is 2.46. The Hall–Kier alpha value is -3.67. The molecule has 58 nitrogen and oxygen atoms in total. The zero-order chi connectivity index (χ0) is 93.2. The number of hydrogen-bond donors (Lipinski definition) is 36. The first kappa shape index (κ1) is 104. The summed E-state index contributed by atoms with van der Waals surface area (Å²) in [5.74, 6) is -13.2. The fourth-order valence-corrected chi connectivity index (χ4v) is 16.2. The Labute approximate surface area is 708 Å². The molecule has 0 unspecified atom stereocenters. The number of aliphatic hydroxyl groups excluding tert-OH is 32. The van der Waals surface area contributed by atoms with Gasteiger partial charge < -0.3 is 274 Å². The highest BCUT2D eigenvalue weighted by atomic mass is 16.8. The van der Waals surface area contributed by atoms with E-state index >= 15 is 0 Å². The number of rotatable bonds is 35. The van der Waals surface area contributed by atoms with E-state index in [0.29, 0.717) is 0 Å². The lowest BCUT2D eigenvalue weighted by atomic mass is 9.89. The van der Waals surface area contributed by atoms with Crippen LogP contribution in [0.2, 0.25) is 0 Å². The maximum Gasteiger partial charge on any atom is 0.364 e. The topological polar surface area (TPSA) is 947 Å². The SMILES string of the molecule is CC(=O)N[C@H]1[C@@H](O[C@@H]2[C@@H](O[C@@H]3[C@H](O)[C@@H](O[C@H]4[C@@H]([C@H](O)CO)O[C@@](O)(C(=O)O)C[C@H]4O[C@]4(C(=O)O)C[C@@H](O)[C@@H](O)[C@@H]([C@H](O)CO)O4)O[C@H]([C@@H](O)CO)[C@H]3O[C@@H]3O[C@H](CO)[C@@H](O[C@@H]4O[C@H](CO)[C@H](O[C@H]5O[C@H](CO)[C@H](O)[C@H](O)[C@H]5O)[C@H](O)[C@H]4O)[C@H](O)[C@H]3O)O[C@H]([C@@H](O)CO)[C@@H](O)[C@@H]2O[C@H]2O[C@H](CO)[C@@H](O[C@@H]3O[C@H](CO)[C@H](O)[C@H](O)[C@H]3O)[C@H](O)[C@H]2O)O[C@H](CO)[C@@H](O)[C@@H]1O. The Morgan fingerprint density at radius 1 is 0.317 bits per heavy atom. The number of hydrogen-bond acceptors (Lipinski definition) is 55. The quantitative estimate of drug-likeness (QED) is 0.0280. The van der Waals surface area contributed by atoms with E-state index in [0.717, 1.165) is 6.92 Å². The van der Waals surface area contributed by atoms with Gasteiger partial charge in [0.05, 0.1) is 78.3 Å². The number of carboxylic acids is 2. The molecule has 126 heavy (non-hydrogen) atoms. The highest BCUT2D eigenvalue weighted by Gasteiger charge is 2.66. The molecule has 0 aromatic carbocycles. The van der Waals surface area contributed by atoms with Crippen molar-refractivity contribution in [2.75, 3.05) is 66.1 Å². The maximum atomic E-state index is 13.6. The van der Waals surface area contributed by atoms with Crippen LogP contribution in [0.25, 0.3) is 0 Å². The largest absolute Gasteiger partial charge is 0.477 e. The molecule has 36 N–H and O–H groups in total. The molecule has 10 heterocycles. The third-order valence-electron chi connectivity index (χ3n) is 23.2. The first-order chi connectivity index (χ1) is 59.4. The van der Waals surface area contributed by atoms with E-state index in [1.807, 2.05) is 0 Å². The second kappa shape index (κ2) is 44.2. The van der Waals surface area contributed by atoms with Gasteiger partial charge in [0.1, 0.15) is 244 Å². The fraction of sp³-hybridized carbons (Fsp3) is 0.956. The van der Waals surface area contributed by atoms with Crippen LogP contribution in [0.5, 0.6) is 0 Å². The molecular weight excluding hydrogens is 1740 g/mol. The summed E-state index contributed by atoms with van der Waals surface area (Å²) in [7, 11) is 0. The molecule has 0 radical (unpaired) electrons. The summed E-state index contributed by atoms with van der Waals surface area (Å²) in [6.07, 6.45) is -122. The lowest BCUT2D eigenvalue weighted by molar-refractivity contribution is -0.426. The summed E-state index contributed by atoms with van der Waals surface area (Å²) < 4.78 is 112.